The van der Waals surface area contributed by atoms with Crippen LogP contribution in [-0.2, 0) is 18.3 Å². The summed E-state index contributed by atoms with van der Waals surface area (Å²) in [5.74, 6) is 0. The van der Waals surface area contributed by atoms with Gasteiger partial charge >= 0.3 is 0 Å². The average molecular weight is 326 g/mol. The predicted molar refractivity (Wildman–Crippen MR) is 85.1 cm³/mol. The molecule has 1 aliphatic rings. The van der Waals surface area contributed by atoms with E-state index >= 15 is 0 Å². The summed E-state index contributed by atoms with van der Waals surface area (Å²) >= 11 is 3.54. The molecular weight excluding hydrogens is 310 g/mol. The van der Waals surface area contributed by atoms with Crippen molar-refractivity contribution in [1.29, 1.82) is 5.26 Å². The fraction of sp³-hybridized carbons (Fsp3) is 0.278. The normalized spacial score (nSPS) is 15.6. The second kappa shape index (κ2) is 5.42. The van der Waals surface area contributed by atoms with Crippen molar-refractivity contribution in [2.24, 2.45) is 0 Å². The molecule has 0 aliphatic heterocycles. The van der Waals surface area contributed by atoms with E-state index in [1.807, 2.05) is 12.1 Å². The summed E-state index contributed by atoms with van der Waals surface area (Å²) in [6.07, 6.45) is 2.83. The van der Waals surface area contributed by atoms with Gasteiger partial charge in [-0.3, -0.25) is 0 Å². The van der Waals surface area contributed by atoms with Gasteiger partial charge in [0.2, 0.25) is 0 Å². The molecule has 1 nitrogen and oxygen atoms in total. The minimum Gasteiger partial charge on any atom is -0.197 e. The zero-order chi connectivity index (χ0) is 14.0. The van der Waals surface area contributed by atoms with Crippen molar-refractivity contribution in [2.45, 2.75) is 24.7 Å². The van der Waals surface area contributed by atoms with Gasteiger partial charge in [0.15, 0.2) is 0 Å². The van der Waals surface area contributed by atoms with Crippen LogP contribution in [0.15, 0.2) is 48.5 Å². The van der Waals surface area contributed by atoms with Gasteiger partial charge in [0.1, 0.15) is 5.41 Å². The number of rotatable bonds is 2. The fourth-order valence-electron chi connectivity index (χ4n) is 3.31. The number of alkyl halides is 1. The molecule has 0 saturated carbocycles. The topological polar surface area (TPSA) is 23.8 Å². The fourth-order valence-corrected chi connectivity index (χ4v) is 3.91. The molecule has 0 bridgehead atoms. The van der Waals surface area contributed by atoms with E-state index < -0.39 is 5.41 Å². The number of hydrogen-bond acceptors (Lipinski definition) is 1. The number of benzene rings is 2. The van der Waals surface area contributed by atoms with Crippen molar-refractivity contribution in [1.82, 2.24) is 0 Å². The Hall–Kier alpha value is -1.59. The van der Waals surface area contributed by atoms with Gasteiger partial charge in [-0.05, 0) is 41.5 Å². The summed E-state index contributed by atoms with van der Waals surface area (Å²) in [4.78, 5) is 0. The van der Waals surface area contributed by atoms with Gasteiger partial charge < -0.3 is 0 Å². The lowest BCUT2D eigenvalue weighted by Crippen LogP contribution is -2.27. The minimum absolute atomic E-state index is 0.521. The highest BCUT2D eigenvalue weighted by molar-refractivity contribution is 9.09. The van der Waals surface area contributed by atoms with Crippen LogP contribution in [0.25, 0.3) is 0 Å². The zero-order valence-electron chi connectivity index (χ0n) is 11.3. The van der Waals surface area contributed by atoms with Crippen LogP contribution >= 0.6 is 15.9 Å². The van der Waals surface area contributed by atoms with E-state index in [0.717, 1.165) is 24.6 Å². The monoisotopic (exact) mass is 325 g/mol. The van der Waals surface area contributed by atoms with Gasteiger partial charge in [-0.15, -0.1) is 0 Å². The molecule has 0 N–H and O–H groups in total. The number of halogens is 1. The second-order valence-electron chi connectivity index (χ2n) is 5.27. The van der Waals surface area contributed by atoms with Crippen molar-refractivity contribution in [3.63, 3.8) is 0 Å². The standard InChI is InChI=1S/C18H16BrN/c19-12-11-18(13-20)16-7-3-1-5-14(16)9-10-15-6-2-4-8-17(15)18/h1-8H,9-12H2. The van der Waals surface area contributed by atoms with E-state index in [4.69, 9.17) is 0 Å². The molecule has 100 valence electrons. The van der Waals surface area contributed by atoms with Crippen LogP contribution in [0, 0.1) is 11.3 Å². The number of hydrogen-bond donors (Lipinski definition) is 0. The molecule has 0 saturated heterocycles. The van der Waals surface area contributed by atoms with Crippen molar-refractivity contribution in [2.75, 3.05) is 5.33 Å². The van der Waals surface area contributed by atoms with Crippen molar-refractivity contribution in [3.8, 4) is 6.07 Å². The maximum Gasteiger partial charge on any atom is 0.108 e. The maximum absolute atomic E-state index is 10.0. The first-order chi connectivity index (χ1) is 9.81. The van der Waals surface area contributed by atoms with E-state index in [0.29, 0.717) is 0 Å². The van der Waals surface area contributed by atoms with Gasteiger partial charge in [0.05, 0.1) is 6.07 Å². The Kier molecular flexibility index (Phi) is 3.63. The Morgan fingerprint density at radius 1 is 0.950 bits per heavy atom. The molecule has 3 rings (SSSR count). The smallest absolute Gasteiger partial charge is 0.108 e. The lowest BCUT2D eigenvalue weighted by atomic mass is 9.72. The van der Waals surface area contributed by atoms with Crippen LogP contribution in [0.1, 0.15) is 28.7 Å². The third kappa shape index (κ3) is 1.98. The summed E-state index contributed by atoms with van der Waals surface area (Å²) in [5.41, 5.74) is 4.48. The molecule has 0 fully saturated rings. The molecule has 2 aromatic carbocycles. The summed E-state index contributed by atoms with van der Waals surface area (Å²) in [5, 5.41) is 10.8. The Balaban J connectivity index is 2.32. The van der Waals surface area contributed by atoms with Gasteiger partial charge in [0.25, 0.3) is 0 Å². The second-order valence-corrected chi connectivity index (χ2v) is 6.06. The highest BCUT2D eigenvalue weighted by Crippen LogP contribution is 2.42. The van der Waals surface area contributed by atoms with Crippen LogP contribution in [0.3, 0.4) is 0 Å². The Morgan fingerprint density at radius 2 is 1.45 bits per heavy atom. The molecule has 0 heterocycles. The van der Waals surface area contributed by atoms with Crippen LogP contribution in [-0.4, -0.2) is 5.33 Å². The van der Waals surface area contributed by atoms with Crippen LogP contribution in [0.2, 0.25) is 0 Å². The summed E-state index contributed by atoms with van der Waals surface area (Å²) in [6.45, 7) is 0. The molecular formula is C18H16BrN. The van der Waals surface area contributed by atoms with Gasteiger partial charge in [-0.2, -0.15) is 5.26 Å². The molecule has 0 amide bonds. The van der Waals surface area contributed by atoms with Gasteiger partial charge in [0, 0.05) is 5.33 Å². The predicted octanol–water partition coefficient (Wildman–Crippen LogP) is 4.38. The Bertz CT molecular complexity index is 622. The van der Waals surface area contributed by atoms with Gasteiger partial charge in [-0.1, -0.05) is 64.5 Å². The number of nitrogens with zero attached hydrogens (tertiary/aromatic N) is 1. The van der Waals surface area contributed by atoms with Crippen molar-refractivity contribution in [3.05, 3.63) is 70.8 Å². The summed E-state index contributed by atoms with van der Waals surface area (Å²) in [7, 11) is 0. The Morgan fingerprint density at radius 3 is 1.90 bits per heavy atom. The zero-order valence-corrected chi connectivity index (χ0v) is 12.9. The van der Waals surface area contributed by atoms with Crippen molar-refractivity contribution < 1.29 is 0 Å². The highest BCUT2D eigenvalue weighted by Gasteiger charge is 2.38. The first kappa shape index (κ1) is 13.4. The molecule has 0 unspecified atom stereocenters. The molecule has 2 aromatic rings. The molecule has 0 atom stereocenters. The first-order valence-electron chi connectivity index (χ1n) is 6.96. The lowest BCUT2D eigenvalue weighted by molar-refractivity contribution is 0.636. The van der Waals surface area contributed by atoms with Crippen molar-refractivity contribution >= 4 is 15.9 Å². The molecule has 20 heavy (non-hydrogen) atoms. The van der Waals surface area contributed by atoms with E-state index in [9.17, 15) is 5.26 Å². The van der Waals surface area contributed by atoms with E-state index in [1.165, 1.54) is 22.3 Å². The van der Waals surface area contributed by atoms with E-state index in [1.54, 1.807) is 0 Å². The number of nitriles is 1. The first-order valence-corrected chi connectivity index (χ1v) is 8.08. The summed E-state index contributed by atoms with van der Waals surface area (Å²) in [6, 6.07) is 19.5. The molecule has 2 heteroatoms. The van der Waals surface area contributed by atoms with E-state index in [2.05, 4.69) is 58.4 Å². The molecule has 1 aliphatic carbocycles. The highest BCUT2D eigenvalue weighted by atomic mass is 79.9. The minimum atomic E-state index is -0.521. The van der Waals surface area contributed by atoms with Crippen LogP contribution < -0.4 is 0 Å². The average Bonchev–Trinajstić information content (AvgIpc) is 2.64. The molecule has 0 radical (unpaired) electrons. The largest absolute Gasteiger partial charge is 0.197 e. The summed E-state index contributed by atoms with van der Waals surface area (Å²) < 4.78 is 0. The van der Waals surface area contributed by atoms with Crippen LogP contribution in [0.5, 0.6) is 0 Å². The van der Waals surface area contributed by atoms with Crippen LogP contribution in [0.4, 0.5) is 0 Å². The van der Waals surface area contributed by atoms with Gasteiger partial charge in [-0.25, -0.2) is 0 Å². The third-order valence-corrected chi connectivity index (χ3v) is 4.67. The quantitative estimate of drug-likeness (QED) is 0.751. The number of fused-ring (bicyclic) bond motifs is 2. The third-order valence-electron chi connectivity index (χ3n) is 4.28. The lowest BCUT2D eigenvalue weighted by Gasteiger charge is -2.29. The number of aryl methyl sites for hydroxylation is 2. The maximum atomic E-state index is 10.0. The Labute approximate surface area is 128 Å². The molecule has 0 spiro atoms. The van der Waals surface area contributed by atoms with E-state index in [-0.39, 0.29) is 0 Å². The SMILES string of the molecule is N#CC1(CCBr)c2ccccc2CCc2ccccc21. The molecule has 0 aromatic heterocycles.